The lowest BCUT2D eigenvalue weighted by Gasteiger charge is -2.11. The normalized spacial score (nSPS) is 12.1. The van der Waals surface area contributed by atoms with Gasteiger partial charge in [-0.05, 0) is 30.0 Å². The van der Waals surface area contributed by atoms with Crippen molar-refractivity contribution in [3.63, 3.8) is 0 Å². The first-order valence-electron chi connectivity index (χ1n) is 5.38. The molecule has 1 atom stereocenters. The average molecular weight is 205 g/mol. The molecule has 15 heavy (non-hydrogen) atoms. The zero-order valence-electron chi connectivity index (χ0n) is 9.26. The Morgan fingerprint density at radius 1 is 1.47 bits per heavy atom. The first-order chi connectivity index (χ1) is 7.19. The largest absolute Gasteiger partial charge is 0.206 e. The Hall–Kier alpha value is -1.36. The van der Waals surface area contributed by atoms with Crippen LogP contribution < -0.4 is 0 Å². The second-order valence-corrected chi connectivity index (χ2v) is 3.89. The number of hydrogen-bond donors (Lipinski definition) is 0. The van der Waals surface area contributed by atoms with Gasteiger partial charge in [-0.2, -0.15) is 5.26 Å². The summed E-state index contributed by atoms with van der Waals surface area (Å²) in [5.74, 6) is -0.0365. The lowest BCUT2D eigenvalue weighted by Crippen LogP contribution is -1.95. The van der Waals surface area contributed by atoms with Crippen LogP contribution in [0.5, 0.6) is 0 Å². The molecule has 0 radical (unpaired) electrons. The van der Waals surface area contributed by atoms with E-state index in [-0.39, 0.29) is 5.56 Å². The topological polar surface area (TPSA) is 23.8 Å². The predicted molar refractivity (Wildman–Crippen MR) is 59.1 cm³/mol. The molecular formula is C13H16FN. The fourth-order valence-electron chi connectivity index (χ4n) is 1.61. The fraction of sp³-hybridized carbons (Fsp3) is 0.462. The monoisotopic (exact) mass is 205 g/mol. The molecule has 0 saturated heterocycles. The molecule has 1 aromatic carbocycles. The lowest BCUT2D eigenvalue weighted by molar-refractivity contribution is 0.599. The molecule has 0 heterocycles. The van der Waals surface area contributed by atoms with Gasteiger partial charge < -0.3 is 0 Å². The van der Waals surface area contributed by atoms with E-state index in [1.54, 1.807) is 6.07 Å². The minimum absolute atomic E-state index is 0.126. The van der Waals surface area contributed by atoms with Crippen LogP contribution in [0.3, 0.4) is 0 Å². The summed E-state index contributed by atoms with van der Waals surface area (Å²) in [7, 11) is 0. The molecule has 2 heteroatoms. The van der Waals surface area contributed by atoms with Crippen LogP contribution in [0.1, 0.15) is 50.2 Å². The summed E-state index contributed by atoms with van der Waals surface area (Å²) in [5.41, 5.74) is 1.11. The highest BCUT2D eigenvalue weighted by Crippen LogP contribution is 2.23. The Kier molecular flexibility index (Phi) is 4.30. The van der Waals surface area contributed by atoms with Crippen LogP contribution in [0.15, 0.2) is 18.2 Å². The van der Waals surface area contributed by atoms with Gasteiger partial charge in [0.25, 0.3) is 0 Å². The lowest BCUT2D eigenvalue weighted by atomic mass is 9.95. The van der Waals surface area contributed by atoms with Gasteiger partial charge in [-0.3, -0.25) is 0 Å². The molecule has 0 aliphatic rings. The van der Waals surface area contributed by atoms with E-state index < -0.39 is 5.82 Å². The first kappa shape index (κ1) is 11.7. The van der Waals surface area contributed by atoms with Gasteiger partial charge in [-0.25, -0.2) is 4.39 Å². The van der Waals surface area contributed by atoms with Crippen molar-refractivity contribution < 1.29 is 4.39 Å². The Balaban J connectivity index is 2.79. The van der Waals surface area contributed by atoms with Crippen molar-refractivity contribution in [1.29, 1.82) is 5.26 Å². The van der Waals surface area contributed by atoms with Crippen molar-refractivity contribution in [2.45, 2.75) is 39.0 Å². The summed E-state index contributed by atoms with van der Waals surface area (Å²) in [6.45, 7) is 4.24. The molecule has 0 spiro atoms. The van der Waals surface area contributed by atoms with Gasteiger partial charge in [-0.1, -0.05) is 32.8 Å². The molecule has 1 nitrogen and oxygen atoms in total. The maximum atomic E-state index is 13.3. The molecule has 0 N–H and O–H groups in total. The number of nitriles is 1. The second-order valence-electron chi connectivity index (χ2n) is 3.89. The van der Waals surface area contributed by atoms with Crippen molar-refractivity contribution in [3.05, 3.63) is 35.1 Å². The predicted octanol–water partition coefficient (Wildman–Crippen LogP) is 3.99. The van der Waals surface area contributed by atoms with Gasteiger partial charge in [0.2, 0.25) is 0 Å². The smallest absolute Gasteiger partial charge is 0.141 e. The summed E-state index contributed by atoms with van der Waals surface area (Å²) >= 11 is 0. The molecule has 0 fully saturated rings. The molecule has 1 unspecified atom stereocenters. The van der Waals surface area contributed by atoms with Crippen LogP contribution >= 0.6 is 0 Å². The van der Waals surface area contributed by atoms with E-state index in [1.165, 1.54) is 6.07 Å². The third-order valence-electron chi connectivity index (χ3n) is 2.67. The minimum atomic E-state index is -0.404. The van der Waals surface area contributed by atoms with Crippen molar-refractivity contribution >= 4 is 0 Å². The van der Waals surface area contributed by atoms with E-state index >= 15 is 0 Å². The molecule has 1 aromatic rings. The van der Waals surface area contributed by atoms with Crippen molar-refractivity contribution in [2.75, 3.05) is 0 Å². The summed E-state index contributed by atoms with van der Waals surface area (Å²) in [6.07, 6.45) is 3.38. The van der Waals surface area contributed by atoms with Crippen molar-refractivity contribution in [1.82, 2.24) is 0 Å². The van der Waals surface area contributed by atoms with E-state index in [0.29, 0.717) is 5.92 Å². The van der Waals surface area contributed by atoms with E-state index in [2.05, 4.69) is 13.8 Å². The highest BCUT2D eigenvalue weighted by atomic mass is 19.1. The van der Waals surface area contributed by atoms with Crippen LogP contribution in [0.25, 0.3) is 0 Å². The number of benzene rings is 1. The van der Waals surface area contributed by atoms with E-state index in [0.717, 1.165) is 24.8 Å². The van der Waals surface area contributed by atoms with Crippen LogP contribution in [0, 0.1) is 17.1 Å². The first-order valence-corrected chi connectivity index (χ1v) is 5.38. The van der Waals surface area contributed by atoms with Gasteiger partial charge >= 0.3 is 0 Å². The Morgan fingerprint density at radius 2 is 2.20 bits per heavy atom. The molecule has 1 rings (SSSR count). The molecule has 0 aliphatic carbocycles. The van der Waals surface area contributed by atoms with E-state index in [4.69, 9.17) is 5.26 Å². The van der Waals surface area contributed by atoms with Crippen LogP contribution in [0.2, 0.25) is 0 Å². The van der Waals surface area contributed by atoms with E-state index in [1.807, 2.05) is 12.1 Å². The quantitative estimate of drug-likeness (QED) is 0.729. The van der Waals surface area contributed by atoms with Crippen LogP contribution in [0.4, 0.5) is 4.39 Å². The fourth-order valence-corrected chi connectivity index (χ4v) is 1.61. The number of rotatable bonds is 4. The number of halogens is 1. The Morgan fingerprint density at radius 3 is 2.73 bits per heavy atom. The molecule has 80 valence electrons. The second kappa shape index (κ2) is 5.50. The molecule has 0 saturated carbocycles. The van der Waals surface area contributed by atoms with Crippen LogP contribution in [-0.4, -0.2) is 0 Å². The highest BCUT2D eigenvalue weighted by Gasteiger charge is 2.08. The maximum absolute atomic E-state index is 13.3. The van der Waals surface area contributed by atoms with Gasteiger partial charge in [0.1, 0.15) is 11.9 Å². The van der Waals surface area contributed by atoms with Crippen LogP contribution in [-0.2, 0) is 0 Å². The van der Waals surface area contributed by atoms with Gasteiger partial charge in [-0.15, -0.1) is 0 Å². The molecule has 0 bridgehead atoms. The summed E-state index contributed by atoms with van der Waals surface area (Å²) in [4.78, 5) is 0. The van der Waals surface area contributed by atoms with E-state index in [9.17, 15) is 4.39 Å². The summed E-state index contributed by atoms with van der Waals surface area (Å²) < 4.78 is 13.3. The minimum Gasteiger partial charge on any atom is -0.206 e. The number of unbranched alkanes of at least 4 members (excludes halogenated alkanes) is 1. The maximum Gasteiger partial charge on any atom is 0.141 e. The standard InChI is InChI=1S/C13H16FN/c1-3-4-5-10(2)11-6-7-12(9-15)13(14)8-11/h6-8,10H,3-5H2,1-2H3. The molecular weight excluding hydrogens is 189 g/mol. The summed E-state index contributed by atoms with van der Waals surface area (Å²) in [6, 6.07) is 6.73. The van der Waals surface area contributed by atoms with Crippen molar-refractivity contribution in [2.24, 2.45) is 0 Å². The SMILES string of the molecule is CCCCC(C)c1ccc(C#N)c(F)c1. The Labute approximate surface area is 90.5 Å². The van der Waals surface area contributed by atoms with Gasteiger partial charge in [0.15, 0.2) is 0 Å². The zero-order valence-corrected chi connectivity index (χ0v) is 9.26. The molecule has 0 aliphatic heterocycles. The highest BCUT2D eigenvalue weighted by molar-refractivity contribution is 5.34. The number of hydrogen-bond acceptors (Lipinski definition) is 1. The zero-order chi connectivity index (χ0) is 11.3. The third-order valence-corrected chi connectivity index (χ3v) is 2.67. The molecule has 0 amide bonds. The number of nitrogens with zero attached hydrogens (tertiary/aromatic N) is 1. The van der Waals surface area contributed by atoms with Crippen molar-refractivity contribution in [3.8, 4) is 6.07 Å². The van der Waals surface area contributed by atoms with Gasteiger partial charge in [0.05, 0.1) is 5.56 Å². The Bertz CT molecular complexity index is 365. The molecule has 0 aromatic heterocycles. The average Bonchev–Trinajstić information content (AvgIpc) is 2.25. The third kappa shape index (κ3) is 3.06. The van der Waals surface area contributed by atoms with Gasteiger partial charge in [0, 0.05) is 0 Å². The summed E-state index contributed by atoms with van der Waals surface area (Å²) in [5, 5.41) is 8.60.